The summed E-state index contributed by atoms with van der Waals surface area (Å²) in [6.07, 6.45) is 5.97. The molecule has 1 atom stereocenters. The molecule has 17 heavy (non-hydrogen) atoms. The summed E-state index contributed by atoms with van der Waals surface area (Å²) in [5.74, 6) is 0.734. The van der Waals surface area contributed by atoms with E-state index in [1.54, 1.807) is 6.20 Å². The summed E-state index contributed by atoms with van der Waals surface area (Å²) in [6, 6.07) is 2.03. The maximum atomic E-state index is 8.75. The van der Waals surface area contributed by atoms with Crippen molar-refractivity contribution in [3.8, 4) is 5.75 Å². The van der Waals surface area contributed by atoms with Gasteiger partial charge in [0.15, 0.2) is 0 Å². The van der Waals surface area contributed by atoms with Crippen molar-refractivity contribution in [2.45, 2.75) is 25.3 Å². The van der Waals surface area contributed by atoms with Crippen LogP contribution in [0.1, 0.15) is 25.3 Å². The molecule has 0 saturated carbocycles. The second-order valence-corrected chi connectivity index (χ2v) is 4.78. The Morgan fingerprint density at radius 3 is 3.00 bits per heavy atom. The number of aliphatic hydroxyl groups is 1. The molecule has 1 N–H and O–H groups in total. The lowest BCUT2D eigenvalue weighted by Gasteiger charge is -2.32. The summed E-state index contributed by atoms with van der Waals surface area (Å²) in [5, 5.41) is 8.75. The largest absolute Gasteiger partial charge is 0.490 e. The third-order valence-electron chi connectivity index (χ3n) is 3.69. The van der Waals surface area contributed by atoms with Gasteiger partial charge in [-0.2, -0.15) is 0 Å². The van der Waals surface area contributed by atoms with Gasteiger partial charge in [0.1, 0.15) is 12.4 Å². The molecule has 1 aliphatic rings. The van der Waals surface area contributed by atoms with Gasteiger partial charge in [-0.3, -0.25) is 9.88 Å². The molecule has 0 radical (unpaired) electrons. The minimum absolute atomic E-state index is 0.0292. The molecule has 0 aliphatic carbocycles. The minimum atomic E-state index is 0.0292. The van der Waals surface area contributed by atoms with Crippen LogP contribution in [0.3, 0.4) is 0 Å². The van der Waals surface area contributed by atoms with Crippen LogP contribution in [0, 0.1) is 0 Å². The number of likely N-dealkylation sites (tertiary alicyclic amines) is 1. The fraction of sp³-hybridized carbons (Fsp3) is 0.615. The summed E-state index contributed by atoms with van der Waals surface area (Å²) in [4.78, 5) is 6.59. The van der Waals surface area contributed by atoms with Gasteiger partial charge < -0.3 is 9.84 Å². The Hall–Kier alpha value is -1.13. The molecule has 4 heteroatoms. The molecule has 2 rings (SSSR count). The molecule has 2 heterocycles. The fourth-order valence-corrected chi connectivity index (χ4v) is 2.42. The van der Waals surface area contributed by atoms with Gasteiger partial charge in [0.2, 0.25) is 0 Å². The molecule has 1 fully saturated rings. The minimum Gasteiger partial charge on any atom is -0.490 e. The molecule has 1 aromatic rings. The van der Waals surface area contributed by atoms with Crippen LogP contribution < -0.4 is 4.74 Å². The molecule has 94 valence electrons. The molecule has 0 aromatic carbocycles. The lowest BCUT2D eigenvalue weighted by molar-refractivity contribution is 0.191. The van der Waals surface area contributed by atoms with E-state index in [0.29, 0.717) is 6.61 Å². The first-order valence-corrected chi connectivity index (χ1v) is 6.07. The maximum absolute atomic E-state index is 8.75. The third kappa shape index (κ3) is 2.42. The number of pyridine rings is 1. The summed E-state index contributed by atoms with van der Waals surface area (Å²) < 4.78 is 5.40. The average Bonchev–Trinajstić information content (AvgIpc) is 2.69. The summed E-state index contributed by atoms with van der Waals surface area (Å²) in [7, 11) is 2.15. The zero-order valence-corrected chi connectivity index (χ0v) is 10.5. The van der Waals surface area contributed by atoms with Crippen molar-refractivity contribution in [1.29, 1.82) is 0 Å². The highest BCUT2D eigenvalue weighted by atomic mass is 16.5. The summed E-state index contributed by atoms with van der Waals surface area (Å²) >= 11 is 0. The van der Waals surface area contributed by atoms with Crippen molar-refractivity contribution >= 4 is 0 Å². The Morgan fingerprint density at radius 1 is 1.53 bits per heavy atom. The Bertz CT molecular complexity index is 383. The highest BCUT2D eigenvalue weighted by Gasteiger charge is 2.35. The van der Waals surface area contributed by atoms with Gasteiger partial charge >= 0.3 is 0 Å². The first-order chi connectivity index (χ1) is 8.16. The molecular formula is C13H20N2O2. The molecule has 1 saturated heterocycles. The van der Waals surface area contributed by atoms with E-state index in [0.717, 1.165) is 18.7 Å². The third-order valence-corrected chi connectivity index (χ3v) is 3.69. The van der Waals surface area contributed by atoms with Gasteiger partial charge in [0, 0.05) is 11.7 Å². The Morgan fingerprint density at radius 2 is 2.35 bits per heavy atom. The van der Waals surface area contributed by atoms with Crippen LogP contribution in [0.4, 0.5) is 0 Å². The standard InChI is InChI=1S/C13H20N2O2/c1-13(4-3-5-15(13)2)11-8-12(10-14-9-11)17-7-6-16/h8-10,16H,3-7H2,1-2H3. The number of ether oxygens (including phenoxy) is 1. The molecule has 1 aliphatic heterocycles. The SMILES string of the molecule is CN1CCCC1(C)c1cncc(OCCO)c1. The van der Waals surface area contributed by atoms with E-state index in [9.17, 15) is 0 Å². The molecule has 0 amide bonds. The van der Waals surface area contributed by atoms with Crippen molar-refractivity contribution < 1.29 is 9.84 Å². The van der Waals surface area contributed by atoms with Crippen molar-refractivity contribution in [2.24, 2.45) is 0 Å². The van der Waals surface area contributed by atoms with Crippen molar-refractivity contribution in [2.75, 3.05) is 26.8 Å². The smallest absolute Gasteiger partial charge is 0.138 e. The Balaban J connectivity index is 2.20. The van der Waals surface area contributed by atoms with E-state index >= 15 is 0 Å². The second kappa shape index (κ2) is 5.02. The first kappa shape index (κ1) is 12.3. The number of hydrogen-bond acceptors (Lipinski definition) is 4. The van der Waals surface area contributed by atoms with Gasteiger partial charge in [-0.1, -0.05) is 0 Å². The highest BCUT2D eigenvalue weighted by molar-refractivity contribution is 5.29. The van der Waals surface area contributed by atoms with Crippen LogP contribution in [0.15, 0.2) is 18.5 Å². The maximum Gasteiger partial charge on any atom is 0.138 e. The molecule has 1 unspecified atom stereocenters. The summed E-state index contributed by atoms with van der Waals surface area (Å²) in [5.41, 5.74) is 1.25. The Labute approximate surface area is 102 Å². The van der Waals surface area contributed by atoms with Gasteiger partial charge in [-0.15, -0.1) is 0 Å². The van der Waals surface area contributed by atoms with E-state index in [-0.39, 0.29) is 12.1 Å². The second-order valence-electron chi connectivity index (χ2n) is 4.78. The van der Waals surface area contributed by atoms with E-state index < -0.39 is 0 Å². The van der Waals surface area contributed by atoms with E-state index in [1.165, 1.54) is 12.0 Å². The van der Waals surface area contributed by atoms with Crippen molar-refractivity contribution in [3.63, 3.8) is 0 Å². The number of rotatable bonds is 4. The van der Waals surface area contributed by atoms with Crippen LogP contribution in [0.25, 0.3) is 0 Å². The van der Waals surface area contributed by atoms with Crippen molar-refractivity contribution in [3.05, 3.63) is 24.0 Å². The molecule has 4 nitrogen and oxygen atoms in total. The van der Waals surface area contributed by atoms with Crippen LogP contribution in [-0.4, -0.2) is 41.8 Å². The van der Waals surface area contributed by atoms with Crippen LogP contribution in [-0.2, 0) is 5.54 Å². The lowest BCUT2D eigenvalue weighted by atomic mass is 9.91. The topological polar surface area (TPSA) is 45.6 Å². The molecule has 0 bridgehead atoms. The van der Waals surface area contributed by atoms with Gasteiger partial charge in [-0.05, 0) is 45.0 Å². The normalized spacial score (nSPS) is 25.1. The van der Waals surface area contributed by atoms with Gasteiger partial charge in [0.25, 0.3) is 0 Å². The zero-order chi connectivity index (χ0) is 12.3. The molecule has 0 spiro atoms. The van der Waals surface area contributed by atoms with E-state index in [2.05, 4.69) is 23.9 Å². The summed E-state index contributed by atoms with van der Waals surface area (Å²) in [6.45, 7) is 3.71. The number of aromatic nitrogens is 1. The number of hydrogen-bond donors (Lipinski definition) is 1. The predicted octanol–water partition coefficient (Wildman–Crippen LogP) is 1.39. The number of aliphatic hydroxyl groups excluding tert-OH is 1. The van der Waals surface area contributed by atoms with Gasteiger partial charge in [0.05, 0.1) is 12.8 Å². The lowest BCUT2D eigenvalue weighted by Crippen LogP contribution is -2.35. The van der Waals surface area contributed by atoms with Gasteiger partial charge in [-0.25, -0.2) is 0 Å². The van der Waals surface area contributed by atoms with Crippen LogP contribution in [0.2, 0.25) is 0 Å². The molecular weight excluding hydrogens is 216 g/mol. The highest BCUT2D eigenvalue weighted by Crippen LogP contribution is 2.37. The fourth-order valence-electron chi connectivity index (χ4n) is 2.42. The van der Waals surface area contributed by atoms with Crippen LogP contribution >= 0.6 is 0 Å². The van der Waals surface area contributed by atoms with E-state index in [4.69, 9.17) is 9.84 Å². The quantitative estimate of drug-likeness (QED) is 0.858. The Kier molecular flexibility index (Phi) is 3.64. The monoisotopic (exact) mass is 236 g/mol. The van der Waals surface area contributed by atoms with E-state index in [1.807, 2.05) is 12.3 Å². The first-order valence-electron chi connectivity index (χ1n) is 6.07. The predicted molar refractivity (Wildman–Crippen MR) is 66.0 cm³/mol. The zero-order valence-electron chi connectivity index (χ0n) is 10.5. The number of nitrogens with zero attached hydrogens (tertiary/aromatic N) is 2. The average molecular weight is 236 g/mol. The van der Waals surface area contributed by atoms with Crippen molar-refractivity contribution in [1.82, 2.24) is 9.88 Å². The molecule has 1 aromatic heterocycles. The van der Waals surface area contributed by atoms with Crippen LogP contribution in [0.5, 0.6) is 5.75 Å².